The zero-order chi connectivity index (χ0) is 5.98. The molecule has 1 aliphatic carbocycles. The molecule has 0 amide bonds. The highest BCUT2D eigenvalue weighted by Gasteiger charge is 2.22. The van der Waals surface area contributed by atoms with Gasteiger partial charge in [-0.15, -0.1) is 12.4 Å². The molecule has 64 valence electrons. The molecular weight excluding hydrogens is 154 g/mol. The molecule has 0 aliphatic heterocycles. The summed E-state index contributed by atoms with van der Waals surface area (Å²) >= 11 is 0. The number of rotatable bonds is 1. The molecule has 0 aromatic rings. The molecule has 1 fully saturated rings. The van der Waals surface area contributed by atoms with Gasteiger partial charge in [-0.05, 0) is 18.8 Å². The summed E-state index contributed by atoms with van der Waals surface area (Å²) in [5.74, 6) is 0.398. The minimum Gasteiger partial charge on any atom is -0.412 e. The number of hydrogen-bond acceptors (Lipinski definition) is 2. The normalized spacial score (nSPS) is 30.6. The Morgan fingerprint density at radius 2 is 2.00 bits per heavy atom. The van der Waals surface area contributed by atoms with Crippen LogP contribution in [0.25, 0.3) is 0 Å². The third-order valence-corrected chi connectivity index (χ3v) is 1.95. The van der Waals surface area contributed by atoms with Crippen molar-refractivity contribution in [2.45, 2.75) is 25.3 Å². The quantitative estimate of drug-likeness (QED) is 0.566. The maximum atomic E-state index is 8.66. The molecule has 0 radical (unpaired) electrons. The molecule has 0 bridgehead atoms. The first-order valence-electron chi connectivity index (χ1n) is 3.21. The molecule has 0 aromatic carbocycles. The summed E-state index contributed by atoms with van der Waals surface area (Å²) < 4.78 is 0. The van der Waals surface area contributed by atoms with Gasteiger partial charge < -0.3 is 16.3 Å². The van der Waals surface area contributed by atoms with Gasteiger partial charge in [0.05, 0.1) is 0 Å². The Kier molecular flexibility index (Phi) is 7.58. The molecule has 0 saturated heterocycles. The van der Waals surface area contributed by atoms with Crippen molar-refractivity contribution in [3.63, 3.8) is 0 Å². The summed E-state index contributed by atoms with van der Waals surface area (Å²) in [5, 5.41) is 8.66. The minimum atomic E-state index is 0. The predicted octanol–water partition coefficient (Wildman–Crippen LogP) is -0.297. The smallest absolute Gasteiger partial charge is 0.0474 e. The number of halogens is 1. The summed E-state index contributed by atoms with van der Waals surface area (Å²) in [6.45, 7) is 0.279. The molecule has 2 unspecified atom stereocenters. The van der Waals surface area contributed by atoms with Crippen LogP contribution in [0.1, 0.15) is 19.3 Å². The van der Waals surface area contributed by atoms with Crippen LogP contribution in [0, 0.1) is 5.92 Å². The van der Waals surface area contributed by atoms with Crippen molar-refractivity contribution < 1.29 is 10.6 Å². The topological polar surface area (TPSA) is 77.8 Å². The second-order valence-electron chi connectivity index (χ2n) is 2.54. The van der Waals surface area contributed by atoms with Crippen molar-refractivity contribution in [1.29, 1.82) is 0 Å². The van der Waals surface area contributed by atoms with E-state index in [0.29, 0.717) is 5.92 Å². The Morgan fingerprint density at radius 3 is 2.20 bits per heavy atom. The summed E-state index contributed by atoms with van der Waals surface area (Å²) in [4.78, 5) is 0. The highest BCUT2D eigenvalue weighted by Crippen LogP contribution is 2.22. The maximum Gasteiger partial charge on any atom is 0.0474 e. The van der Waals surface area contributed by atoms with Crippen molar-refractivity contribution in [2.75, 3.05) is 6.61 Å². The van der Waals surface area contributed by atoms with Gasteiger partial charge in [0.1, 0.15) is 0 Å². The van der Waals surface area contributed by atoms with E-state index in [1.165, 1.54) is 6.42 Å². The van der Waals surface area contributed by atoms with Gasteiger partial charge in [-0.1, -0.05) is 6.42 Å². The molecule has 5 N–H and O–H groups in total. The Morgan fingerprint density at radius 1 is 1.40 bits per heavy atom. The molecule has 0 spiro atoms. The monoisotopic (exact) mass is 169 g/mol. The van der Waals surface area contributed by atoms with Gasteiger partial charge in [0, 0.05) is 12.6 Å². The fraction of sp³-hybridized carbons (Fsp3) is 1.00. The Hall–Kier alpha value is 0.170. The molecule has 0 aromatic heterocycles. The summed E-state index contributed by atoms with van der Waals surface area (Å²) in [5.41, 5.74) is 5.63. The van der Waals surface area contributed by atoms with E-state index in [9.17, 15) is 0 Å². The number of aliphatic hydroxyl groups is 1. The lowest BCUT2D eigenvalue weighted by Crippen LogP contribution is -2.26. The van der Waals surface area contributed by atoms with Gasteiger partial charge in [0.25, 0.3) is 0 Å². The lowest BCUT2D eigenvalue weighted by Gasteiger charge is -2.09. The van der Waals surface area contributed by atoms with Gasteiger partial charge in [-0.3, -0.25) is 0 Å². The van der Waals surface area contributed by atoms with Gasteiger partial charge in [0.15, 0.2) is 0 Å². The van der Waals surface area contributed by atoms with Crippen LogP contribution in [0.2, 0.25) is 0 Å². The Bertz CT molecular complexity index is 82.1. The molecule has 1 rings (SSSR count). The van der Waals surface area contributed by atoms with Crippen molar-refractivity contribution in [1.82, 2.24) is 0 Å². The van der Waals surface area contributed by atoms with Crippen LogP contribution in [-0.2, 0) is 0 Å². The van der Waals surface area contributed by atoms with E-state index < -0.39 is 0 Å². The van der Waals surface area contributed by atoms with E-state index in [-0.39, 0.29) is 30.5 Å². The predicted molar refractivity (Wildman–Crippen MR) is 43.3 cm³/mol. The van der Waals surface area contributed by atoms with Gasteiger partial charge in [-0.25, -0.2) is 0 Å². The van der Waals surface area contributed by atoms with E-state index in [4.69, 9.17) is 10.8 Å². The first-order valence-corrected chi connectivity index (χ1v) is 3.21. The van der Waals surface area contributed by atoms with Crippen LogP contribution >= 0.6 is 12.4 Å². The molecule has 2 atom stereocenters. The van der Waals surface area contributed by atoms with Crippen LogP contribution in [0.4, 0.5) is 0 Å². The first kappa shape index (κ1) is 12.8. The number of hydrogen-bond donors (Lipinski definition) is 2. The minimum absolute atomic E-state index is 0. The lowest BCUT2D eigenvalue weighted by molar-refractivity contribution is 0.218. The Balaban J connectivity index is 0. The van der Waals surface area contributed by atoms with E-state index in [1.54, 1.807) is 0 Å². The second kappa shape index (κ2) is 5.92. The molecular formula is C6H16ClNO2. The molecule has 0 heterocycles. The van der Waals surface area contributed by atoms with Crippen molar-refractivity contribution in [3.8, 4) is 0 Å². The van der Waals surface area contributed by atoms with Gasteiger partial charge in [-0.2, -0.15) is 0 Å². The standard InChI is InChI=1S/C6H13NO.ClH.H2O/c7-6-3-1-2-5(6)4-8;;/h5-6,8H,1-4,7H2;1H;1H2. The summed E-state index contributed by atoms with van der Waals surface area (Å²) in [6.07, 6.45) is 3.43. The van der Waals surface area contributed by atoms with Crippen LogP contribution in [0.5, 0.6) is 0 Å². The highest BCUT2D eigenvalue weighted by molar-refractivity contribution is 5.85. The summed E-state index contributed by atoms with van der Waals surface area (Å²) in [6, 6.07) is 0.278. The van der Waals surface area contributed by atoms with Gasteiger partial charge in [0.2, 0.25) is 0 Å². The van der Waals surface area contributed by atoms with Crippen molar-refractivity contribution >= 4 is 12.4 Å². The average Bonchev–Trinajstić information content (AvgIpc) is 2.14. The molecule has 1 aliphatic rings. The molecule has 3 nitrogen and oxygen atoms in total. The average molecular weight is 170 g/mol. The molecule has 1 saturated carbocycles. The SMILES string of the molecule is Cl.NC1CCCC1CO.O. The highest BCUT2D eigenvalue weighted by atomic mass is 35.5. The lowest BCUT2D eigenvalue weighted by atomic mass is 10.1. The van der Waals surface area contributed by atoms with E-state index in [1.807, 2.05) is 0 Å². The van der Waals surface area contributed by atoms with Crippen LogP contribution < -0.4 is 5.73 Å². The first-order chi connectivity index (χ1) is 3.84. The van der Waals surface area contributed by atoms with Crippen molar-refractivity contribution in [2.24, 2.45) is 11.7 Å². The number of nitrogens with two attached hydrogens (primary N) is 1. The van der Waals surface area contributed by atoms with Crippen LogP contribution in [0.15, 0.2) is 0 Å². The van der Waals surface area contributed by atoms with Crippen LogP contribution in [-0.4, -0.2) is 23.2 Å². The molecule has 4 heteroatoms. The van der Waals surface area contributed by atoms with Gasteiger partial charge >= 0.3 is 0 Å². The maximum absolute atomic E-state index is 8.66. The van der Waals surface area contributed by atoms with E-state index in [0.717, 1.165) is 12.8 Å². The molecule has 10 heavy (non-hydrogen) atoms. The fourth-order valence-corrected chi connectivity index (χ4v) is 1.29. The van der Waals surface area contributed by atoms with E-state index in [2.05, 4.69) is 0 Å². The number of aliphatic hydroxyl groups excluding tert-OH is 1. The van der Waals surface area contributed by atoms with Crippen molar-refractivity contribution in [3.05, 3.63) is 0 Å². The van der Waals surface area contributed by atoms with Crippen LogP contribution in [0.3, 0.4) is 0 Å². The zero-order valence-corrected chi connectivity index (χ0v) is 6.73. The second-order valence-corrected chi connectivity index (χ2v) is 2.54. The third kappa shape index (κ3) is 2.84. The Labute approximate surface area is 67.3 Å². The zero-order valence-electron chi connectivity index (χ0n) is 5.92. The summed E-state index contributed by atoms with van der Waals surface area (Å²) in [7, 11) is 0. The fourth-order valence-electron chi connectivity index (χ4n) is 1.29. The largest absolute Gasteiger partial charge is 0.412 e. The van der Waals surface area contributed by atoms with E-state index >= 15 is 0 Å². The third-order valence-electron chi connectivity index (χ3n) is 1.95.